The SMILES string of the molecule is CCN(CC(C)(N)C(=O)OC)C(C)C. The normalized spacial score (nSPS) is 15.7. The highest BCUT2D eigenvalue weighted by molar-refractivity contribution is 5.80. The first kappa shape index (κ1) is 13.4. The van der Waals surface area contributed by atoms with Crippen LogP contribution in [0.3, 0.4) is 0 Å². The molecule has 2 N–H and O–H groups in total. The van der Waals surface area contributed by atoms with Crippen LogP contribution in [0.15, 0.2) is 0 Å². The van der Waals surface area contributed by atoms with Crippen LogP contribution in [0.2, 0.25) is 0 Å². The molecular formula is C10H22N2O2. The molecule has 1 unspecified atom stereocenters. The van der Waals surface area contributed by atoms with Gasteiger partial charge in [0.05, 0.1) is 7.11 Å². The Morgan fingerprint density at radius 2 is 2.07 bits per heavy atom. The number of hydrogen-bond donors (Lipinski definition) is 1. The van der Waals surface area contributed by atoms with E-state index in [9.17, 15) is 4.79 Å². The molecule has 84 valence electrons. The predicted octanol–water partition coefficient (Wildman–Crippen LogP) is 0.607. The zero-order chi connectivity index (χ0) is 11.4. The molecule has 0 aliphatic rings. The van der Waals surface area contributed by atoms with Gasteiger partial charge in [-0.25, -0.2) is 0 Å². The second-order valence-electron chi connectivity index (χ2n) is 4.07. The molecule has 4 nitrogen and oxygen atoms in total. The molecule has 0 bridgehead atoms. The summed E-state index contributed by atoms with van der Waals surface area (Å²) in [6.07, 6.45) is 0. The van der Waals surface area contributed by atoms with Gasteiger partial charge < -0.3 is 10.5 Å². The lowest BCUT2D eigenvalue weighted by Crippen LogP contribution is -2.55. The Bertz CT molecular complexity index is 191. The molecule has 0 saturated carbocycles. The van der Waals surface area contributed by atoms with E-state index in [2.05, 4.69) is 23.5 Å². The average Bonchev–Trinajstić information content (AvgIpc) is 2.12. The lowest BCUT2D eigenvalue weighted by atomic mass is 10.0. The number of nitrogens with zero attached hydrogens (tertiary/aromatic N) is 1. The first-order valence-corrected chi connectivity index (χ1v) is 4.96. The minimum absolute atomic E-state index is 0.364. The third kappa shape index (κ3) is 3.64. The standard InChI is InChI=1S/C10H22N2O2/c1-6-12(8(2)3)7-10(4,11)9(13)14-5/h8H,6-7,11H2,1-5H3. The van der Waals surface area contributed by atoms with Crippen molar-refractivity contribution in [1.82, 2.24) is 4.90 Å². The third-order valence-electron chi connectivity index (χ3n) is 2.32. The summed E-state index contributed by atoms with van der Waals surface area (Å²) in [5, 5.41) is 0. The summed E-state index contributed by atoms with van der Waals surface area (Å²) in [6, 6.07) is 0.382. The second kappa shape index (κ2) is 5.32. The number of methoxy groups -OCH3 is 1. The van der Waals surface area contributed by atoms with Crippen LogP contribution in [0.4, 0.5) is 0 Å². The highest BCUT2D eigenvalue weighted by atomic mass is 16.5. The van der Waals surface area contributed by atoms with Crippen molar-refractivity contribution in [2.75, 3.05) is 20.2 Å². The molecule has 0 heterocycles. The summed E-state index contributed by atoms with van der Waals surface area (Å²) in [5.41, 5.74) is 4.95. The molecular weight excluding hydrogens is 180 g/mol. The van der Waals surface area contributed by atoms with Crippen LogP contribution in [-0.4, -0.2) is 42.6 Å². The van der Waals surface area contributed by atoms with Crippen LogP contribution in [0.5, 0.6) is 0 Å². The van der Waals surface area contributed by atoms with Crippen LogP contribution in [0.25, 0.3) is 0 Å². The molecule has 0 aliphatic heterocycles. The molecule has 0 rings (SSSR count). The first-order valence-electron chi connectivity index (χ1n) is 4.96. The molecule has 0 amide bonds. The molecule has 14 heavy (non-hydrogen) atoms. The Morgan fingerprint density at radius 1 is 1.57 bits per heavy atom. The Kier molecular flexibility index (Phi) is 5.08. The van der Waals surface area contributed by atoms with E-state index in [1.165, 1.54) is 7.11 Å². The van der Waals surface area contributed by atoms with E-state index in [4.69, 9.17) is 5.73 Å². The van der Waals surface area contributed by atoms with Crippen molar-refractivity contribution in [2.24, 2.45) is 5.73 Å². The van der Waals surface area contributed by atoms with Crippen molar-refractivity contribution in [3.8, 4) is 0 Å². The van der Waals surface area contributed by atoms with Gasteiger partial charge in [0.25, 0.3) is 0 Å². The van der Waals surface area contributed by atoms with Crippen molar-refractivity contribution in [3.63, 3.8) is 0 Å². The van der Waals surface area contributed by atoms with E-state index in [0.29, 0.717) is 12.6 Å². The highest BCUT2D eigenvalue weighted by Crippen LogP contribution is 2.08. The zero-order valence-electron chi connectivity index (χ0n) is 9.83. The van der Waals surface area contributed by atoms with E-state index in [1.807, 2.05) is 6.92 Å². The van der Waals surface area contributed by atoms with Gasteiger partial charge in [0.1, 0.15) is 5.54 Å². The maximum absolute atomic E-state index is 11.3. The molecule has 0 spiro atoms. The lowest BCUT2D eigenvalue weighted by Gasteiger charge is -2.32. The summed E-state index contributed by atoms with van der Waals surface area (Å²) in [5.74, 6) is -0.364. The maximum Gasteiger partial charge on any atom is 0.326 e. The van der Waals surface area contributed by atoms with Crippen LogP contribution in [0.1, 0.15) is 27.7 Å². The summed E-state index contributed by atoms with van der Waals surface area (Å²) >= 11 is 0. The van der Waals surface area contributed by atoms with Gasteiger partial charge in [-0.05, 0) is 27.3 Å². The molecule has 0 aromatic rings. The number of rotatable bonds is 5. The number of carbonyl (C=O) groups is 1. The fourth-order valence-electron chi connectivity index (χ4n) is 1.38. The number of nitrogens with two attached hydrogens (primary N) is 1. The quantitative estimate of drug-likeness (QED) is 0.664. The number of esters is 1. The van der Waals surface area contributed by atoms with Crippen LogP contribution >= 0.6 is 0 Å². The molecule has 1 atom stereocenters. The molecule has 0 saturated heterocycles. The van der Waals surface area contributed by atoms with Gasteiger partial charge in [0, 0.05) is 12.6 Å². The largest absolute Gasteiger partial charge is 0.468 e. The van der Waals surface area contributed by atoms with Crippen molar-refractivity contribution in [1.29, 1.82) is 0 Å². The highest BCUT2D eigenvalue weighted by Gasteiger charge is 2.32. The number of hydrogen-bond acceptors (Lipinski definition) is 4. The maximum atomic E-state index is 11.3. The Morgan fingerprint density at radius 3 is 2.36 bits per heavy atom. The van der Waals surface area contributed by atoms with Crippen molar-refractivity contribution in [3.05, 3.63) is 0 Å². The van der Waals surface area contributed by atoms with E-state index >= 15 is 0 Å². The van der Waals surface area contributed by atoms with Gasteiger partial charge in [-0.3, -0.25) is 9.69 Å². The first-order chi connectivity index (χ1) is 6.35. The van der Waals surface area contributed by atoms with Crippen LogP contribution in [-0.2, 0) is 9.53 Å². The molecule has 0 aromatic carbocycles. The molecule has 0 radical (unpaired) electrons. The van der Waals surface area contributed by atoms with Gasteiger partial charge in [-0.1, -0.05) is 6.92 Å². The monoisotopic (exact) mass is 202 g/mol. The van der Waals surface area contributed by atoms with Crippen molar-refractivity contribution in [2.45, 2.75) is 39.3 Å². The van der Waals surface area contributed by atoms with E-state index in [0.717, 1.165) is 6.54 Å². The topological polar surface area (TPSA) is 55.6 Å². The van der Waals surface area contributed by atoms with Crippen molar-refractivity contribution >= 4 is 5.97 Å². The van der Waals surface area contributed by atoms with E-state index in [-0.39, 0.29) is 5.97 Å². The molecule has 4 heteroatoms. The van der Waals surface area contributed by atoms with Gasteiger partial charge in [0.15, 0.2) is 0 Å². The second-order valence-corrected chi connectivity index (χ2v) is 4.07. The number of likely N-dealkylation sites (N-methyl/N-ethyl adjacent to an activating group) is 1. The van der Waals surface area contributed by atoms with Gasteiger partial charge in [-0.15, -0.1) is 0 Å². The lowest BCUT2D eigenvalue weighted by molar-refractivity contribution is -0.147. The zero-order valence-corrected chi connectivity index (χ0v) is 9.83. The minimum Gasteiger partial charge on any atom is -0.468 e. The average molecular weight is 202 g/mol. The molecule has 0 aromatic heterocycles. The fraction of sp³-hybridized carbons (Fsp3) is 0.900. The predicted molar refractivity (Wildman–Crippen MR) is 57.0 cm³/mol. The summed E-state index contributed by atoms with van der Waals surface area (Å²) in [7, 11) is 1.36. The fourth-order valence-corrected chi connectivity index (χ4v) is 1.38. The van der Waals surface area contributed by atoms with E-state index in [1.54, 1.807) is 6.92 Å². The van der Waals surface area contributed by atoms with Crippen LogP contribution < -0.4 is 5.73 Å². The summed E-state index contributed by atoms with van der Waals surface area (Å²) in [4.78, 5) is 13.5. The van der Waals surface area contributed by atoms with Gasteiger partial charge >= 0.3 is 5.97 Å². The third-order valence-corrected chi connectivity index (χ3v) is 2.32. The van der Waals surface area contributed by atoms with Gasteiger partial charge in [-0.2, -0.15) is 0 Å². The Balaban J connectivity index is 4.39. The Labute approximate surface area is 86.4 Å². The summed E-state index contributed by atoms with van der Waals surface area (Å²) in [6.45, 7) is 9.31. The van der Waals surface area contributed by atoms with Crippen LogP contribution in [0, 0.1) is 0 Å². The van der Waals surface area contributed by atoms with Crippen molar-refractivity contribution < 1.29 is 9.53 Å². The number of carbonyl (C=O) groups excluding carboxylic acids is 1. The smallest absolute Gasteiger partial charge is 0.326 e. The van der Waals surface area contributed by atoms with E-state index < -0.39 is 5.54 Å². The summed E-state index contributed by atoms with van der Waals surface area (Å²) < 4.78 is 4.65. The molecule has 0 aliphatic carbocycles. The Hall–Kier alpha value is -0.610. The molecule has 0 fully saturated rings. The number of ether oxygens (including phenoxy) is 1. The minimum atomic E-state index is -0.922. The van der Waals surface area contributed by atoms with Gasteiger partial charge in [0.2, 0.25) is 0 Å².